The van der Waals surface area contributed by atoms with Gasteiger partial charge in [0.2, 0.25) is 0 Å². The maximum Gasteiger partial charge on any atom is 0.278 e. The highest BCUT2D eigenvalue weighted by molar-refractivity contribution is 6.48. The first kappa shape index (κ1) is 17.0. The number of nitrogens with one attached hydrogen (secondary N) is 1. The number of carbonyl (C=O) groups excluding carboxylic acids is 2. The molecule has 0 saturated heterocycles. The third kappa shape index (κ3) is 3.67. The number of rotatable bonds is 6. The van der Waals surface area contributed by atoms with E-state index in [0.717, 1.165) is 10.5 Å². The van der Waals surface area contributed by atoms with Gasteiger partial charge in [0.25, 0.3) is 11.8 Å². The van der Waals surface area contributed by atoms with Crippen molar-refractivity contribution in [3.05, 3.63) is 70.9 Å². The van der Waals surface area contributed by atoms with Gasteiger partial charge in [-0.3, -0.25) is 14.5 Å². The van der Waals surface area contributed by atoms with Crippen molar-refractivity contribution in [2.75, 3.05) is 19.0 Å². The van der Waals surface area contributed by atoms with E-state index < -0.39 is 11.8 Å². The lowest BCUT2D eigenvalue weighted by Crippen LogP contribution is -2.34. The number of methoxy groups -OCH3 is 1. The van der Waals surface area contributed by atoms with E-state index in [4.69, 9.17) is 16.3 Å². The molecule has 5 nitrogen and oxygen atoms in total. The fourth-order valence-corrected chi connectivity index (χ4v) is 2.82. The average molecular weight is 357 g/mol. The van der Waals surface area contributed by atoms with Gasteiger partial charge in [-0.2, -0.15) is 0 Å². The summed E-state index contributed by atoms with van der Waals surface area (Å²) in [6, 6.07) is 16.7. The summed E-state index contributed by atoms with van der Waals surface area (Å²) in [5.74, 6) is -0.263. The Morgan fingerprint density at radius 1 is 1.04 bits per heavy atom. The molecule has 0 saturated carbocycles. The van der Waals surface area contributed by atoms with Crippen LogP contribution in [0.5, 0.6) is 5.75 Å². The number of benzene rings is 2. The first-order valence-corrected chi connectivity index (χ1v) is 8.19. The van der Waals surface area contributed by atoms with Crippen LogP contribution >= 0.6 is 11.6 Å². The van der Waals surface area contributed by atoms with Crippen molar-refractivity contribution in [3.8, 4) is 5.75 Å². The van der Waals surface area contributed by atoms with Gasteiger partial charge < -0.3 is 10.1 Å². The van der Waals surface area contributed by atoms with Crippen LogP contribution < -0.4 is 10.1 Å². The molecular formula is C19H17ClN2O3. The Morgan fingerprint density at radius 3 is 2.52 bits per heavy atom. The van der Waals surface area contributed by atoms with Crippen LogP contribution in [0, 0.1) is 0 Å². The molecule has 2 amide bonds. The number of nitrogens with zero attached hydrogens (tertiary/aromatic N) is 1. The highest BCUT2D eigenvalue weighted by Gasteiger charge is 2.37. The number of hydrogen-bond donors (Lipinski definition) is 1. The van der Waals surface area contributed by atoms with Gasteiger partial charge in [-0.25, -0.2) is 0 Å². The van der Waals surface area contributed by atoms with E-state index in [1.54, 1.807) is 31.4 Å². The second-order valence-electron chi connectivity index (χ2n) is 5.54. The van der Waals surface area contributed by atoms with Crippen molar-refractivity contribution in [3.63, 3.8) is 0 Å². The molecule has 1 N–H and O–H groups in total. The van der Waals surface area contributed by atoms with Crippen LogP contribution in [0.2, 0.25) is 0 Å². The molecule has 128 valence electrons. The normalized spacial score (nSPS) is 14.2. The number of anilines is 1. The molecule has 0 bridgehead atoms. The van der Waals surface area contributed by atoms with E-state index in [0.29, 0.717) is 17.9 Å². The predicted octanol–water partition coefficient (Wildman–Crippen LogP) is 3.17. The number of imide groups is 1. The van der Waals surface area contributed by atoms with Gasteiger partial charge in [-0.15, -0.1) is 0 Å². The Labute approximate surface area is 150 Å². The molecule has 6 heteroatoms. The molecule has 1 heterocycles. The number of hydrogen-bond acceptors (Lipinski definition) is 4. The van der Waals surface area contributed by atoms with Gasteiger partial charge in [-0.1, -0.05) is 48.0 Å². The van der Waals surface area contributed by atoms with Crippen molar-refractivity contribution in [1.29, 1.82) is 0 Å². The molecule has 0 fully saturated rings. The van der Waals surface area contributed by atoms with Gasteiger partial charge in [0.1, 0.15) is 16.5 Å². The van der Waals surface area contributed by atoms with Crippen LogP contribution in [0.25, 0.3) is 0 Å². The van der Waals surface area contributed by atoms with E-state index >= 15 is 0 Å². The highest BCUT2D eigenvalue weighted by Crippen LogP contribution is 2.27. The Morgan fingerprint density at radius 2 is 1.80 bits per heavy atom. The third-order valence-electron chi connectivity index (χ3n) is 3.92. The molecule has 1 aliphatic rings. The molecular weight excluding hydrogens is 340 g/mol. The maximum absolute atomic E-state index is 12.6. The Hall–Kier alpha value is -2.79. The molecule has 1 aliphatic heterocycles. The Kier molecular flexibility index (Phi) is 5.05. The number of amides is 2. The number of halogens is 1. The standard InChI is InChI=1S/C19H17ClN2O3/c1-25-15-9-5-8-14(12-15)21-17-16(20)18(23)22(19(17)24)11-10-13-6-3-2-4-7-13/h2-9,12,21H,10-11H2,1H3. The highest BCUT2D eigenvalue weighted by atomic mass is 35.5. The van der Waals surface area contributed by atoms with Crippen LogP contribution in [0.15, 0.2) is 65.3 Å². The molecule has 0 radical (unpaired) electrons. The van der Waals surface area contributed by atoms with Crippen molar-refractivity contribution in [2.45, 2.75) is 6.42 Å². The molecule has 2 aromatic carbocycles. The topological polar surface area (TPSA) is 58.6 Å². The first-order valence-electron chi connectivity index (χ1n) is 7.81. The minimum absolute atomic E-state index is 0.0907. The van der Waals surface area contributed by atoms with Crippen molar-refractivity contribution in [2.24, 2.45) is 0 Å². The summed E-state index contributed by atoms with van der Waals surface area (Å²) in [5, 5.41) is 2.83. The predicted molar refractivity (Wildman–Crippen MR) is 96.4 cm³/mol. The molecule has 0 unspecified atom stereocenters. The Bertz CT molecular complexity index is 834. The van der Waals surface area contributed by atoms with Gasteiger partial charge >= 0.3 is 0 Å². The molecule has 2 aromatic rings. The summed E-state index contributed by atoms with van der Waals surface area (Å²) in [4.78, 5) is 26.1. The maximum atomic E-state index is 12.6. The minimum atomic E-state index is -0.479. The van der Waals surface area contributed by atoms with Crippen molar-refractivity contribution < 1.29 is 14.3 Å². The Balaban J connectivity index is 1.72. The zero-order valence-electron chi connectivity index (χ0n) is 13.7. The second-order valence-corrected chi connectivity index (χ2v) is 5.92. The molecule has 0 spiro atoms. The summed E-state index contributed by atoms with van der Waals surface area (Å²) >= 11 is 6.10. The monoisotopic (exact) mass is 356 g/mol. The number of carbonyl (C=O) groups is 2. The van der Waals surface area contributed by atoms with E-state index in [-0.39, 0.29) is 17.3 Å². The van der Waals surface area contributed by atoms with Crippen LogP contribution in [-0.4, -0.2) is 30.4 Å². The van der Waals surface area contributed by atoms with E-state index in [1.807, 2.05) is 30.3 Å². The lowest BCUT2D eigenvalue weighted by molar-refractivity contribution is -0.137. The van der Waals surface area contributed by atoms with E-state index in [2.05, 4.69) is 5.32 Å². The van der Waals surface area contributed by atoms with Gasteiger partial charge in [0.05, 0.1) is 7.11 Å². The van der Waals surface area contributed by atoms with E-state index in [1.165, 1.54) is 0 Å². The fraction of sp³-hybridized carbons (Fsp3) is 0.158. The quantitative estimate of drug-likeness (QED) is 0.808. The lowest BCUT2D eigenvalue weighted by Gasteiger charge is -2.15. The average Bonchev–Trinajstić information content (AvgIpc) is 2.84. The van der Waals surface area contributed by atoms with E-state index in [9.17, 15) is 9.59 Å². The van der Waals surface area contributed by atoms with Crippen LogP contribution in [-0.2, 0) is 16.0 Å². The summed E-state index contributed by atoms with van der Waals surface area (Å²) < 4.78 is 5.15. The van der Waals surface area contributed by atoms with Crippen LogP contribution in [0.4, 0.5) is 5.69 Å². The molecule has 3 rings (SSSR count). The second kappa shape index (κ2) is 7.40. The largest absolute Gasteiger partial charge is 0.497 e. The van der Waals surface area contributed by atoms with Gasteiger partial charge in [-0.05, 0) is 24.1 Å². The van der Waals surface area contributed by atoms with Gasteiger partial charge in [0, 0.05) is 18.3 Å². The summed E-state index contributed by atoms with van der Waals surface area (Å²) in [6.45, 7) is 0.279. The van der Waals surface area contributed by atoms with Crippen molar-refractivity contribution in [1.82, 2.24) is 4.90 Å². The minimum Gasteiger partial charge on any atom is -0.497 e. The lowest BCUT2D eigenvalue weighted by atomic mass is 10.1. The van der Waals surface area contributed by atoms with Crippen LogP contribution in [0.1, 0.15) is 5.56 Å². The van der Waals surface area contributed by atoms with Gasteiger partial charge in [0.15, 0.2) is 0 Å². The summed E-state index contributed by atoms with van der Waals surface area (Å²) in [7, 11) is 1.56. The molecule has 0 aromatic heterocycles. The smallest absolute Gasteiger partial charge is 0.278 e. The molecule has 0 aliphatic carbocycles. The first-order chi connectivity index (χ1) is 12.1. The zero-order valence-corrected chi connectivity index (χ0v) is 14.4. The summed E-state index contributed by atoms with van der Waals surface area (Å²) in [6.07, 6.45) is 0.578. The van der Waals surface area contributed by atoms with Crippen molar-refractivity contribution >= 4 is 29.1 Å². The number of ether oxygens (including phenoxy) is 1. The third-order valence-corrected chi connectivity index (χ3v) is 4.27. The zero-order chi connectivity index (χ0) is 17.8. The fourth-order valence-electron chi connectivity index (χ4n) is 2.59. The summed E-state index contributed by atoms with van der Waals surface area (Å²) in [5.41, 5.74) is 1.76. The molecule has 25 heavy (non-hydrogen) atoms. The van der Waals surface area contributed by atoms with Crippen LogP contribution in [0.3, 0.4) is 0 Å². The molecule has 0 atom stereocenters. The SMILES string of the molecule is COc1cccc(NC2=C(Cl)C(=O)N(CCc3ccccc3)C2=O)c1.